The van der Waals surface area contributed by atoms with Gasteiger partial charge in [0, 0.05) is 0 Å². The highest BCUT2D eigenvalue weighted by atomic mass is 16.6. The molecule has 2 N–H and O–H groups in total. The van der Waals surface area contributed by atoms with Crippen LogP contribution >= 0.6 is 0 Å². The number of hydrogen-bond acceptors (Lipinski definition) is 4. The molecule has 0 radical (unpaired) electrons. The summed E-state index contributed by atoms with van der Waals surface area (Å²) in [4.78, 5) is 24.4. The van der Waals surface area contributed by atoms with Gasteiger partial charge < -0.3 is 20.1 Å². The second kappa shape index (κ2) is 10.6. The Morgan fingerprint density at radius 2 is 1.68 bits per heavy atom. The number of rotatable bonds is 9. The lowest BCUT2D eigenvalue weighted by atomic mass is 9.98. The molecule has 0 fully saturated rings. The van der Waals surface area contributed by atoms with Crippen LogP contribution in [0.4, 0.5) is 4.79 Å². The van der Waals surface area contributed by atoms with E-state index in [0.29, 0.717) is 6.61 Å². The number of hydrogen-bond donors (Lipinski definition) is 2. The second-order valence-electron chi connectivity index (χ2n) is 6.50. The summed E-state index contributed by atoms with van der Waals surface area (Å²) < 4.78 is 10.7. The number of carbonyl (C=O) groups is 2. The Hall–Kier alpha value is -2.24. The van der Waals surface area contributed by atoms with E-state index in [1.54, 1.807) is 13.8 Å². The van der Waals surface area contributed by atoms with Crippen molar-refractivity contribution in [2.75, 3.05) is 6.61 Å². The minimum atomic E-state index is -0.643. The van der Waals surface area contributed by atoms with Crippen LogP contribution < -0.4 is 15.4 Å². The Balaban J connectivity index is 2.56. The van der Waals surface area contributed by atoms with Crippen LogP contribution in [0.5, 0.6) is 5.75 Å². The van der Waals surface area contributed by atoms with E-state index in [9.17, 15) is 9.59 Å². The molecule has 3 atom stereocenters. The molecule has 0 aliphatic carbocycles. The highest BCUT2D eigenvalue weighted by Crippen LogP contribution is 2.10. The minimum absolute atomic E-state index is 0.0121. The molecule has 1 aromatic carbocycles. The van der Waals surface area contributed by atoms with Gasteiger partial charge in [-0.1, -0.05) is 38.5 Å². The highest BCUT2D eigenvalue weighted by Gasteiger charge is 2.27. The zero-order valence-corrected chi connectivity index (χ0v) is 15.7. The molecule has 6 nitrogen and oxygen atoms in total. The maximum atomic E-state index is 12.5. The molecule has 0 saturated heterocycles. The lowest BCUT2D eigenvalue weighted by molar-refractivity contribution is -0.125. The number of benzene rings is 1. The van der Waals surface area contributed by atoms with Gasteiger partial charge in [0.1, 0.15) is 18.4 Å². The van der Waals surface area contributed by atoms with Gasteiger partial charge in [0.2, 0.25) is 5.91 Å². The number of ether oxygens (including phenoxy) is 2. The van der Waals surface area contributed by atoms with E-state index < -0.39 is 12.1 Å². The molecular weight excluding hydrogens is 320 g/mol. The Labute approximate surface area is 150 Å². The first-order chi connectivity index (χ1) is 11.8. The first-order valence-electron chi connectivity index (χ1n) is 8.78. The Kier molecular flexibility index (Phi) is 8.81. The maximum Gasteiger partial charge on any atom is 0.408 e. The van der Waals surface area contributed by atoms with E-state index in [-0.39, 0.29) is 24.0 Å². The summed E-state index contributed by atoms with van der Waals surface area (Å²) in [5.74, 6) is 0.502. The lowest BCUT2D eigenvalue weighted by Crippen LogP contribution is -2.53. The van der Waals surface area contributed by atoms with E-state index >= 15 is 0 Å². The molecule has 6 heteroatoms. The Bertz CT molecular complexity index is 533. The third-order valence-corrected chi connectivity index (χ3v) is 3.74. The molecule has 0 aromatic heterocycles. The van der Waals surface area contributed by atoms with Crippen LogP contribution in [-0.2, 0) is 9.53 Å². The first-order valence-corrected chi connectivity index (χ1v) is 8.78. The van der Waals surface area contributed by atoms with Gasteiger partial charge in [-0.3, -0.25) is 4.79 Å². The van der Waals surface area contributed by atoms with Gasteiger partial charge in [0.25, 0.3) is 0 Å². The summed E-state index contributed by atoms with van der Waals surface area (Å²) in [6, 6.07) is 8.58. The van der Waals surface area contributed by atoms with Crippen LogP contribution in [0.2, 0.25) is 0 Å². The van der Waals surface area contributed by atoms with Gasteiger partial charge in [-0.15, -0.1) is 0 Å². The number of alkyl carbamates (subject to hydrolysis) is 1. The van der Waals surface area contributed by atoms with Crippen molar-refractivity contribution in [2.45, 2.75) is 59.2 Å². The molecular formula is C19H30N2O4. The number of amides is 2. The first kappa shape index (κ1) is 20.8. The zero-order valence-electron chi connectivity index (χ0n) is 15.7. The van der Waals surface area contributed by atoms with E-state index in [0.717, 1.165) is 12.2 Å². The normalized spacial score (nSPS) is 14.3. The molecule has 3 unspecified atom stereocenters. The van der Waals surface area contributed by atoms with Crippen molar-refractivity contribution in [3.8, 4) is 5.75 Å². The third kappa shape index (κ3) is 7.92. The smallest absolute Gasteiger partial charge is 0.408 e. The molecule has 0 saturated carbocycles. The molecule has 140 valence electrons. The van der Waals surface area contributed by atoms with Gasteiger partial charge in [-0.05, 0) is 38.8 Å². The molecule has 1 rings (SSSR count). The standard InChI is InChI=1S/C19H30N2O4/c1-6-14(4)17(21-19(23)25-13(2)3)18(22)20-15(5)12-24-16-10-8-7-9-11-16/h7-11,13-15,17H,6,12H2,1-5H3,(H,20,22)(H,21,23). The molecule has 0 heterocycles. The van der Waals surface area contributed by atoms with Crippen molar-refractivity contribution in [1.29, 1.82) is 0 Å². The summed E-state index contributed by atoms with van der Waals surface area (Å²) in [6.07, 6.45) is -0.0583. The molecule has 0 spiro atoms. The fourth-order valence-corrected chi connectivity index (χ4v) is 2.19. The summed E-state index contributed by atoms with van der Waals surface area (Å²) in [5, 5.41) is 5.55. The number of para-hydroxylation sites is 1. The molecule has 25 heavy (non-hydrogen) atoms. The average Bonchev–Trinajstić information content (AvgIpc) is 2.57. The van der Waals surface area contributed by atoms with Gasteiger partial charge >= 0.3 is 6.09 Å². The SMILES string of the molecule is CCC(C)C(NC(=O)OC(C)C)C(=O)NC(C)COc1ccccc1. The van der Waals surface area contributed by atoms with Gasteiger partial charge in [-0.25, -0.2) is 4.79 Å². The maximum absolute atomic E-state index is 12.5. The number of carbonyl (C=O) groups excluding carboxylic acids is 2. The summed E-state index contributed by atoms with van der Waals surface area (Å²) in [5.41, 5.74) is 0. The van der Waals surface area contributed by atoms with Crippen molar-refractivity contribution in [3.05, 3.63) is 30.3 Å². The van der Waals surface area contributed by atoms with Crippen molar-refractivity contribution < 1.29 is 19.1 Å². The molecule has 1 aromatic rings. The topological polar surface area (TPSA) is 76.7 Å². The highest BCUT2D eigenvalue weighted by molar-refractivity contribution is 5.86. The van der Waals surface area contributed by atoms with Crippen LogP contribution in [0.3, 0.4) is 0 Å². The lowest BCUT2D eigenvalue weighted by Gasteiger charge is -2.25. The monoisotopic (exact) mass is 350 g/mol. The molecule has 2 amide bonds. The van der Waals surface area contributed by atoms with Crippen molar-refractivity contribution >= 4 is 12.0 Å². The zero-order chi connectivity index (χ0) is 18.8. The molecule has 0 aliphatic rings. The summed E-state index contributed by atoms with van der Waals surface area (Å²) in [6.45, 7) is 9.63. The van der Waals surface area contributed by atoms with Gasteiger partial charge in [-0.2, -0.15) is 0 Å². The second-order valence-corrected chi connectivity index (χ2v) is 6.50. The van der Waals surface area contributed by atoms with E-state index in [2.05, 4.69) is 10.6 Å². The molecule has 0 aliphatic heterocycles. The number of nitrogens with one attached hydrogen (secondary N) is 2. The van der Waals surface area contributed by atoms with Crippen molar-refractivity contribution in [1.82, 2.24) is 10.6 Å². The summed E-state index contributed by atoms with van der Waals surface area (Å²) >= 11 is 0. The van der Waals surface area contributed by atoms with Gasteiger partial charge in [0.05, 0.1) is 12.1 Å². The Morgan fingerprint density at radius 1 is 1.04 bits per heavy atom. The molecule has 0 bridgehead atoms. The predicted octanol–water partition coefficient (Wildman–Crippen LogP) is 3.12. The largest absolute Gasteiger partial charge is 0.491 e. The van der Waals surface area contributed by atoms with E-state index in [4.69, 9.17) is 9.47 Å². The van der Waals surface area contributed by atoms with Crippen LogP contribution in [0.15, 0.2) is 30.3 Å². The Morgan fingerprint density at radius 3 is 2.24 bits per heavy atom. The van der Waals surface area contributed by atoms with Crippen LogP contribution in [0.25, 0.3) is 0 Å². The average molecular weight is 350 g/mol. The fourth-order valence-electron chi connectivity index (χ4n) is 2.19. The van der Waals surface area contributed by atoms with E-state index in [1.807, 2.05) is 51.1 Å². The quantitative estimate of drug-likeness (QED) is 0.717. The van der Waals surface area contributed by atoms with Crippen LogP contribution in [-0.4, -0.2) is 36.8 Å². The van der Waals surface area contributed by atoms with Crippen LogP contribution in [0, 0.1) is 5.92 Å². The predicted molar refractivity (Wildman–Crippen MR) is 97.5 cm³/mol. The fraction of sp³-hybridized carbons (Fsp3) is 0.579. The van der Waals surface area contributed by atoms with Crippen LogP contribution in [0.1, 0.15) is 41.0 Å². The van der Waals surface area contributed by atoms with Crippen molar-refractivity contribution in [3.63, 3.8) is 0 Å². The van der Waals surface area contributed by atoms with Crippen molar-refractivity contribution in [2.24, 2.45) is 5.92 Å². The van der Waals surface area contributed by atoms with Gasteiger partial charge in [0.15, 0.2) is 0 Å². The third-order valence-electron chi connectivity index (χ3n) is 3.74. The minimum Gasteiger partial charge on any atom is -0.491 e. The van der Waals surface area contributed by atoms with E-state index in [1.165, 1.54) is 0 Å². The summed E-state index contributed by atoms with van der Waals surface area (Å²) in [7, 11) is 0.